The molecule has 0 fully saturated rings. The Labute approximate surface area is 107 Å². The van der Waals surface area contributed by atoms with Crippen molar-refractivity contribution in [3.63, 3.8) is 0 Å². The molecule has 0 amide bonds. The first-order chi connectivity index (χ1) is 8.58. The molecule has 0 aliphatic carbocycles. The Morgan fingerprint density at radius 3 is 2.61 bits per heavy atom. The minimum Gasteiger partial charge on any atom is -0.427 e. The van der Waals surface area contributed by atoms with Crippen LogP contribution in [-0.2, 0) is 6.54 Å². The molecular weight excluding hydrogens is 227 g/mol. The zero-order valence-corrected chi connectivity index (χ0v) is 10.9. The molecule has 4 nitrogen and oxygen atoms in total. The lowest BCUT2D eigenvalue weighted by Gasteiger charge is -2.06. The highest BCUT2D eigenvalue weighted by Crippen LogP contribution is 2.18. The molecule has 1 aromatic heterocycles. The monoisotopic (exact) mass is 246 g/mol. The summed E-state index contributed by atoms with van der Waals surface area (Å²) in [7, 11) is -1.19. The fourth-order valence-corrected chi connectivity index (χ4v) is 2.10. The summed E-state index contributed by atoms with van der Waals surface area (Å²) in [5.74, 6) is 0. The van der Waals surface area contributed by atoms with Crippen molar-refractivity contribution in [2.45, 2.75) is 39.6 Å². The molecule has 0 bridgehead atoms. The number of rotatable bonds is 5. The maximum absolute atomic E-state index is 8.78. The van der Waals surface area contributed by atoms with E-state index in [0.29, 0.717) is 6.32 Å². The van der Waals surface area contributed by atoms with Gasteiger partial charge in [-0.15, -0.1) is 0 Å². The minimum absolute atomic E-state index is 0.435. The predicted molar refractivity (Wildman–Crippen MR) is 73.4 cm³/mol. The van der Waals surface area contributed by atoms with Crippen LogP contribution >= 0.6 is 0 Å². The molecule has 0 spiro atoms. The standard InChI is InChI=1S/C13H19BN2O2/c1-10-7-12-13(8-11(10)2)16(9-15-12)6-4-3-5-14(17)18/h7-9,17-18H,3-6H2,1-2H3. The van der Waals surface area contributed by atoms with E-state index in [1.54, 1.807) is 0 Å². The SMILES string of the molecule is Cc1cc2ncn(CCCCB(O)O)c2cc1C. The highest BCUT2D eigenvalue weighted by molar-refractivity contribution is 6.40. The average molecular weight is 246 g/mol. The van der Waals surface area contributed by atoms with Gasteiger partial charge in [-0.1, -0.05) is 6.42 Å². The summed E-state index contributed by atoms with van der Waals surface area (Å²) >= 11 is 0. The van der Waals surface area contributed by atoms with Crippen LogP contribution in [-0.4, -0.2) is 26.7 Å². The van der Waals surface area contributed by atoms with Crippen molar-refractivity contribution in [3.8, 4) is 0 Å². The van der Waals surface area contributed by atoms with E-state index < -0.39 is 7.12 Å². The predicted octanol–water partition coefficient (Wildman–Crippen LogP) is 1.91. The molecule has 0 aliphatic rings. The quantitative estimate of drug-likeness (QED) is 0.625. The largest absolute Gasteiger partial charge is 0.451 e. The van der Waals surface area contributed by atoms with Crippen LogP contribution in [0, 0.1) is 13.8 Å². The molecule has 1 aromatic carbocycles. The third kappa shape index (κ3) is 2.92. The smallest absolute Gasteiger partial charge is 0.427 e. The van der Waals surface area contributed by atoms with Gasteiger partial charge >= 0.3 is 7.12 Å². The molecule has 0 saturated heterocycles. The number of aryl methyl sites for hydroxylation is 3. The van der Waals surface area contributed by atoms with E-state index in [9.17, 15) is 0 Å². The maximum Gasteiger partial charge on any atom is 0.451 e. The Hall–Kier alpha value is -1.33. The molecule has 0 radical (unpaired) electrons. The van der Waals surface area contributed by atoms with Crippen molar-refractivity contribution in [3.05, 3.63) is 29.6 Å². The van der Waals surface area contributed by atoms with Crippen LogP contribution in [0.1, 0.15) is 24.0 Å². The van der Waals surface area contributed by atoms with Gasteiger partial charge < -0.3 is 14.6 Å². The number of aromatic nitrogens is 2. The van der Waals surface area contributed by atoms with E-state index in [1.165, 1.54) is 11.1 Å². The van der Waals surface area contributed by atoms with Crippen LogP contribution in [0.2, 0.25) is 6.32 Å². The lowest BCUT2D eigenvalue weighted by Crippen LogP contribution is -2.10. The highest BCUT2D eigenvalue weighted by atomic mass is 16.4. The van der Waals surface area contributed by atoms with Gasteiger partial charge in [-0.3, -0.25) is 0 Å². The Morgan fingerprint density at radius 2 is 1.89 bits per heavy atom. The van der Waals surface area contributed by atoms with Gasteiger partial charge in [-0.25, -0.2) is 4.98 Å². The van der Waals surface area contributed by atoms with Gasteiger partial charge in [0.2, 0.25) is 0 Å². The van der Waals surface area contributed by atoms with Crippen LogP contribution in [0.4, 0.5) is 0 Å². The Kier molecular flexibility index (Phi) is 4.04. The van der Waals surface area contributed by atoms with Gasteiger partial charge in [0.05, 0.1) is 17.4 Å². The Balaban J connectivity index is 2.07. The van der Waals surface area contributed by atoms with Crippen LogP contribution in [0.15, 0.2) is 18.5 Å². The maximum atomic E-state index is 8.78. The summed E-state index contributed by atoms with van der Waals surface area (Å²) in [6.45, 7) is 5.07. The van der Waals surface area contributed by atoms with Crippen molar-refractivity contribution < 1.29 is 10.0 Å². The molecule has 2 aromatic rings. The molecule has 18 heavy (non-hydrogen) atoms. The third-order valence-electron chi connectivity index (χ3n) is 3.35. The number of hydrogen-bond acceptors (Lipinski definition) is 3. The van der Waals surface area contributed by atoms with Crippen molar-refractivity contribution in [2.75, 3.05) is 0 Å². The fraction of sp³-hybridized carbons (Fsp3) is 0.462. The summed E-state index contributed by atoms with van der Waals surface area (Å²) in [6.07, 6.45) is 4.03. The van der Waals surface area contributed by atoms with E-state index in [4.69, 9.17) is 10.0 Å². The number of fused-ring (bicyclic) bond motifs is 1. The highest BCUT2D eigenvalue weighted by Gasteiger charge is 2.07. The van der Waals surface area contributed by atoms with Crippen molar-refractivity contribution in [1.82, 2.24) is 9.55 Å². The lowest BCUT2D eigenvalue weighted by molar-refractivity contribution is 0.401. The van der Waals surface area contributed by atoms with Crippen LogP contribution in [0.25, 0.3) is 11.0 Å². The summed E-state index contributed by atoms with van der Waals surface area (Å²) in [6, 6.07) is 4.28. The van der Waals surface area contributed by atoms with Crippen LogP contribution in [0.3, 0.4) is 0 Å². The van der Waals surface area contributed by atoms with Gasteiger partial charge in [-0.05, 0) is 49.8 Å². The van der Waals surface area contributed by atoms with Crippen molar-refractivity contribution in [2.24, 2.45) is 0 Å². The molecule has 0 atom stereocenters. The molecule has 0 saturated carbocycles. The summed E-state index contributed by atoms with van der Waals surface area (Å²) in [4.78, 5) is 4.40. The number of unbranched alkanes of at least 4 members (excludes halogenated alkanes) is 1. The topological polar surface area (TPSA) is 58.3 Å². The average Bonchev–Trinajstić information content (AvgIpc) is 2.68. The van der Waals surface area contributed by atoms with Gasteiger partial charge in [0, 0.05) is 6.54 Å². The molecular formula is C13H19BN2O2. The number of benzene rings is 1. The Bertz CT molecular complexity index is 537. The van der Waals surface area contributed by atoms with Gasteiger partial charge in [-0.2, -0.15) is 0 Å². The van der Waals surface area contributed by atoms with Crippen molar-refractivity contribution in [1.29, 1.82) is 0 Å². The van der Waals surface area contributed by atoms with Crippen molar-refractivity contribution >= 4 is 18.2 Å². The number of imidazole rings is 1. The number of nitrogens with zero attached hydrogens (tertiary/aromatic N) is 2. The van der Waals surface area contributed by atoms with Crippen LogP contribution < -0.4 is 0 Å². The normalized spacial score (nSPS) is 11.1. The van der Waals surface area contributed by atoms with Gasteiger partial charge in [0.1, 0.15) is 0 Å². The zero-order valence-electron chi connectivity index (χ0n) is 10.9. The minimum atomic E-state index is -1.19. The first-order valence-electron chi connectivity index (χ1n) is 6.36. The fourth-order valence-electron chi connectivity index (χ4n) is 2.10. The lowest BCUT2D eigenvalue weighted by atomic mass is 9.84. The van der Waals surface area contributed by atoms with E-state index in [0.717, 1.165) is 30.4 Å². The van der Waals surface area contributed by atoms with Gasteiger partial charge in [0.15, 0.2) is 0 Å². The summed E-state index contributed by atoms with van der Waals surface area (Å²) in [5, 5.41) is 17.6. The summed E-state index contributed by atoms with van der Waals surface area (Å²) < 4.78 is 2.13. The zero-order chi connectivity index (χ0) is 13.1. The molecule has 0 unspecified atom stereocenters. The van der Waals surface area contributed by atoms with Crippen LogP contribution in [0.5, 0.6) is 0 Å². The molecule has 2 rings (SSSR count). The van der Waals surface area contributed by atoms with E-state index in [1.807, 2.05) is 6.33 Å². The second-order valence-electron chi connectivity index (χ2n) is 4.84. The Morgan fingerprint density at radius 1 is 1.17 bits per heavy atom. The molecule has 1 heterocycles. The van der Waals surface area contributed by atoms with E-state index in [-0.39, 0.29) is 0 Å². The second-order valence-corrected chi connectivity index (χ2v) is 4.84. The first kappa shape index (κ1) is 13.1. The third-order valence-corrected chi connectivity index (χ3v) is 3.35. The molecule has 96 valence electrons. The van der Waals surface area contributed by atoms with Gasteiger partial charge in [0.25, 0.3) is 0 Å². The van der Waals surface area contributed by atoms with E-state index in [2.05, 4.69) is 35.5 Å². The first-order valence-corrected chi connectivity index (χ1v) is 6.36. The molecule has 0 aliphatic heterocycles. The van der Waals surface area contributed by atoms with E-state index >= 15 is 0 Å². The second kappa shape index (κ2) is 5.54. The number of hydrogen-bond donors (Lipinski definition) is 2. The molecule has 5 heteroatoms. The summed E-state index contributed by atoms with van der Waals surface area (Å²) in [5.41, 5.74) is 4.72. The molecule has 2 N–H and O–H groups in total.